The minimum atomic E-state index is -3.84. The Morgan fingerprint density at radius 3 is 2.24 bits per heavy atom. The van der Waals surface area contributed by atoms with Crippen molar-refractivity contribution in [2.75, 3.05) is 23.7 Å². The summed E-state index contributed by atoms with van der Waals surface area (Å²) in [5, 5.41) is 3.87. The zero-order valence-corrected chi connectivity index (χ0v) is 22.5. The molecular weight excluding hydrogens is 521 g/mol. The molecule has 0 saturated carbocycles. The number of amides is 2. The van der Waals surface area contributed by atoms with Crippen LogP contribution in [0.3, 0.4) is 0 Å². The molecule has 2 amide bonds. The molecule has 0 aliphatic carbocycles. The number of sulfonamides is 1. The summed E-state index contributed by atoms with van der Waals surface area (Å²) in [7, 11) is -3.84. The molecule has 0 aromatic heterocycles. The molecule has 2 aromatic rings. The minimum absolute atomic E-state index is 0.00324. The monoisotopic (exact) mass is 547 g/mol. The maximum Gasteiger partial charge on any atom is 0.244 e. The Bertz CT molecular complexity index is 1160. The summed E-state index contributed by atoms with van der Waals surface area (Å²) < 4.78 is 26.2. The van der Waals surface area contributed by atoms with Gasteiger partial charge in [-0.25, -0.2) is 8.42 Å². The van der Waals surface area contributed by atoms with Gasteiger partial charge in [-0.15, -0.1) is 0 Å². The Hall–Kier alpha value is -2.00. The molecule has 0 aliphatic heterocycles. The van der Waals surface area contributed by atoms with Gasteiger partial charge in [-0.3, -0.25) is 13.9 Å². The first-order valence-corrected chi connectivity index (χ1v) is 13.6. The average molecular weight is 549 g/mol. The van der Waals surface area contributed by atoms with Crippen LogP contribution in [0.2, 0.25) is 15.1 Å². The molecule has 11 heteroatoms. The second-order valence-corrected chi connectivity index (χ2v) is 10.9. The molecule has 34 heavy (non-hydrogen) atoms. The molecule has 7 nitrogen and oxygen atoms in total. The Kier molecular flexibility index (Phi) is 10.1. The van der Waals surface area contributed by atoms with Crippen LogP contribution in [0, 0.1) is 6.92 Å². The van der Waals surface area contributed by atoms with Crippen LogP contribution in [0.25, 0.3) is 0 Å². The summed E-state index contributed by atoms with van der Waals surface area (Å²) in [6, 6.07) is 8.77. The molecule has 2 aromatic carbocycles. The highest BCUT2D eigenvalue weighted by molar-refractivity contribution is 7.92. The van der Waals surface area contributed by atoms with Crippen LogP contribution in [0.5, 0.6) is 0 Å². The van der Waals surface area contributed by atoms with Crippen molar-refractivity contribution in [2.24, 2.45) is 0 Å². The van der Waals surface area contributed by atoms with Gasteiger partial charge in [-0.1, -0.05) is 53.9 Å². The van der Waals surface area contributed by atoms with E-state index < -0.39 is 28.5 Å². The third-order valence-corrected chi connectivity index (χ3v) is 7.35. The van der Waals surface area contributed by atoms with Crippen LogP contribution < -0.4 is 9.62 Å². The van der Waals surface area contributed by atoms with Crippen LogP contribution in [0.4, 0.5) is 5.69 Å². The van der Waals surface area contributed by atoms with E-state index in [9.17, 15) is 18.0 Å². The lowest BCUT2D eigenvalue weighted by atomic mass is 10.1. The number of hydrogen-bond donors (Lipinski definition) is 1. The Labute approximate surface area is 216 Å². The second-order valence-electron chi connectivity index (χ2n) is 7.78. The van der Waals surface area contributed by atoms with Gasteiger partial charge >= 0.3 is 0 Å². The lowest BCUT2D eigenvalue weighted by Crippen LogP contribution is -2.52. The third kappa shape index (κ3) is 7.25. The van der Waals surface area contributed by atoms with Gasteiger partial charge < -0.3 is 10.2 Å². The van der Waals surface area contributed by atoms with Crippen LogP contribution in [0.15, 0.2) is 36.4 Å². The highest BCUT2D eigenvalue weighted by Gasteiger charge is 2.32. The first kappa shape index (κ1) is 28.2. The first-order valence-electron chi connectivity index (χ1n) is 10.6. The fourth-order valence-electron chi connectivity index (χ4n) is 3.40. The minimum Gasteiger partial charge on any atom is -0.355 e. The topological polar surface area (TPSA) is 86.8 Å². The van der Waals surface area contributed by atoms with E-state index in [0.29, 0.717) is 33.6 Å². The third-order valence-electron chi connectivity index (χ3n) is 5.22. The molecule has 0 heterocycles. The molecule has 0 aliphatic rings. The number of nitrogens with zero attached hydrogens (tertiary/aromatic N) is 2. The standard InChI is InChI=1S/C23H28Cl3N3O4S/c1-5-21(23(31)27-6-2)28(13-16-8-9-17(24)11-20(16)26)22(30)14-29(34(4,32)33)18-10-7-15(3)19(25)12-18/h7-12,21H,5-6,13-14H2,1-4H3,(H,27,31)/t21-/m1/s1. The maximum atomic E-state index is 13.6. The van der Waals surface area contributed by atoms with Gasteiger partial charge in [0.25, 0.3) is 0 Å². The van der Waals surface area contributed by atoms with E-state index in [1.54, 1.807) is 51.1 Å². The molecule has 0 unspecified atom stereocenters. The molecule has 0 bridgehead atoms. The largest absolute Gasteiger partial charge is 0.355 e. The molecule has 2 rings (SSSR count). The van der Waals surface area contributed by atoms with Gasteiger partial charge in [0.2, 0.25) is 21.8 Å². The fraction of sp³-hybridized carbons (Fsp3) is 0.391. The smallest absolute Gasteiger partial charge is 0.244 e. The maximum absolute atomic E-state index is 13.6. The molecule has 0 spiro atoms. The molecule has 0 radical (unpaired) electrons. The number of rotatable bonds is 10. The van der Waals surface area contributed by atoms with Crippen LogP contribution >= 0.6 is 34.8 Å². The predicted molar refractivity (Wildman–Crippen MR) is 138 cm³/mol. The normalized spacial score (nSPS) is 12.2. The zero-order valence-electron chi connectivity index (χ0n) is 19.4. The van der Waals surface area contributed by atoms with Crippen molar-refractivity contribution in [3.05, 3.63) is 62.6 Å². The number of hydrogen-bond acceptors (Lipinski definition) is 4. The van der Waals surface area contributed by atoms with E-state index in [2.05, 4.69) is 5.32 Å². The quantitative estimate of drug-likeness (QED) is 0.468. The molecule has 0 saturated heterocycles. The SMILES string of the molecule is CCNC(=O)[C@@H](CC)N(Cc1ccc(Cl)cc1Cl)C(=O)CN(c1ccc(C)c(Cl)c1)S(C)(=O)=O. The highest BCUT2D eigenvalue weighted by Crippen LogP contribution is 2.27. The van der Waals surface area contributed by atoms with Crippen molar-refractivity contribution in [3.63, 3.8) is 0 Å². The van der Waals surface area contributed by atoms with Gasteiger partial charge in [-0.2, -0.15) is 0 Å². The van der Waals surface area contributed by atoms with Crippen molar-refractivity contribution >= 4 is 62.3 Å². The summed E-state index contributed by atoms with van der Waals surface area (Å²) in [5.74, 6) is -0.904. The van der Waals surface area contributed by atoms with Crippen LogP contribution in [-0.4, -0.2) is 50.5 Å². The van der Waals surface area contributed by atoms with Gasteiger partial charge in [0.15, 0.2) is 0 Å². The lowest BCUT2D eigenvalue weighted by Gasteiger charge is -2.33. The van der Waals surface area contributed by atoms with E-state index in [1.165, 1.54) is 11.0 Å². The first-order chi connectivity index (χ1) is 15.9. The van der Waals surface area contributed by atoms with E-state index in [4.69, 9.17) is 34.8 Å². The molecule has 0 fully saturated rings. The van der Waals surface area contributed by atoms with Crippen molar-refractivity contribution < 1.29 is 18.0 Å². The van der Waals surface area contributed by atoms with Crippen molar-refractivity contribution in [1.82, 2.24) is 10.2 Å². The number of halogens is 3. The lowest BCUT2D eigenvalue weighted by molar-refractivity contribution is -0.140. The number of aryl methyl sites for hydroxylation is 1. The summed E-state index contributed by atoms with van der Waals surface area (Å²) in [6.45, 7) is 5.21. The summed E-state index contributed by atoms with van der Waals surface area (Å²) in [4.78, 5) is 27.7. The molecule has 1 atom stereocenters. The molecule has 186 valence electrons. The number of benzene rings is 2. The van der Waals surface area contributed by atoms with Gasteiger partial charge in [-0.05, 0) is 55.7 Å². The number of likely N-dealkylation sites (N-methyl/N-ethyl adjacent to an activating group) is 1. The predicted octanol–water partition coefficient (Wildman–Crippen LogP) is 4.66. The number of carbonyl (C=O) groups excluding carboxylic acids is 2. The van der Waals surface area contributed by atoms with Crippen LogP contribution in [0.1, 0.15) is 31.4 Å². The zero-order chi connectivity index (χ0) is 25.6. The van der Waals surface area contributed by atoms with Gasteiger partial charge in [0, 0.05) is 28.2 Å². The van der Waals surface area contributed by atoms with Crippen LogP contribution in [-0.2, 0) is 26.2 Å². The number of nitrogens with one attached hydrogen (secondary N) is 1. The average Bonchev–Trinajstić information content (AvgIpc) is 2.74. The molecule has 1 N–H and O–H groups in total. The summed E-state index contributed by atoms with van der Waals surface area (Å²) in [6.07, 6.45) is 1.33. The fourth-order valence-corrected chi connectivity index (χ4v) is 4.88. The number of anilines is 1. The van der Waals surface area contributed by atoms with Crippen molar-refractivity contribution in [2.45, 2.75) is 39.8 Å². The van der Waals surface area contributed by atoms with Gasteiger partial charge in [0.1, 0.15) is 12.6 Å². The second kappa shape index (κ2) is 12.1. The van der Waals surface area contributed by atoms with E-state index >= 15 is 0 Å². The van der Waals surface area contributed by atoms with Crippen molar-refractivity contribution in [3.8, 4) is 0 Å². The Morgan fingerprint density at radius 2 is 1.71 bits per heavy atom. The van der Waals surface area contributed by atoms with E-state index in [0.717, 1.165) is 16.1 Å². The summed E-state index contributed by atoms with van der Waals surface area (Å²) in [5.41, 5.74) is 1.60. The summed E-state index contributed by atoms with van der Waals surface area (Å²) >= 11 is 18.5. The van der Waals surface area contributed by atoms with E-state index in [-0.39, 0.29) is 18.1 Å². The molecular formula is C23H28Cl3N3O4S. The number of carbonyl (C=O) groups is 2. The van der Waals surface area contributed by atoms with E-state index in [1.807, 2.05) is 0 Å². The highest BCUT2D eigenvalue weighted by atomic mass is 35.5. The van der Waals surface area contributed by atoms with Gasteiger partial charge in [0.05, 0.1) is 11.9 Å². The van der Waals surface area contributed by atoms with Crippen molar-refractivity contribution in [1.29, 1.82) is 0 Å². The Morgan fingerprint density at radius 1 is 1.03 bits per heavy atom. The Balaban J connectivity index is 2.48.